The predicted molar refractivity (Wildman–Crippen MR) is 73.2 cm³/mol. The summed E-state index contributed by atoms with van der Waals surface area (Å²) in [6, 6.07) is 0. The Kier molecular flexibility index (Phi) is 9.63. The van der Waals surface area contributed by atoms with Gasteiger partial charge in [-0.25, -0.2) is 0 Å². The molecule has 1 nitrogen and oxygen atoms in total. The van der Waals surface area contributed by atoms with Gasteiger partial charge in [-0.1, -0.05) is 11.6 Å². The third-order valence-corrected chi connectivity index (χ3v) is 8.71. The lowest BCUT2D eigenvalue weighted by atomic mass is 10.5. The molecule has 0 amide bonds. The van der Waals surface area contributed by atoms with Crippen LogP contribution in [0.3, 0.4) is 0 Å². The van der Waals surface area contributed by atoms with Gasteiger partial charge >= 0.3 is 0 Å². The lowest BCUT2D eigenvalue weighted by Crippen LogP contribution is -3.00. The maximum absolute atomic E-state index is 5.98. The van der Waals surface area contributed by atoms with Crippen LogP contribution in [0.15, 0.2) is 10.8 Å². The van der Waals surface area contributed by atoms with Crippen molar-refractivity contribution < 1.29 is 16.9 Å². The summed E-state index contributed by atoms with van der Waals surface area (Å²) in [4.78, 5) is 0. The quantitative estimate of drug-likeness (QED) is 0.560. The molecule has 5 heteroatoms. The lowest BCUT2D eigenvalue weighted by Gasteiger charge is -2.35. The van der Waals surface area contributed by atoms with E-state index < -0.39 is 7.49 Å². The first-order chi connectivity index (χ1) is 6.78. The van der Waals surface area contributed by atoms with Crippen molar-refractivity contribution in [2.24, 2.45) is 0 Å². The van der Waals surface area contributed by atoms with E-state index in [9.17, 15) is 0 Å². The van der Waals surface area contributed by atoms with Crippen molar-refractivity contribution in [3.63, 3.8) is 0 Å². The van der Waals surface area contributed by atoms with Crippen LogP contribution in [0.5, 0.6) is 0 Å². The maximum atomic E-state index is 5.98. The smallest absolute Gasteiger partial charge is 0.250 e. The van der Waals surface area contributed by atoms with Gasteiger partial charge in [0.25, 0.3) is 5.22 Å². The van der Waals surface area contributed by atoms with Crippen LogP contribution in [0.1, 0.15) is 41.5 Å². The second-order valence-electron chi connectivity index (χ2n) is 4.55. The molecule has 0 aliphatic carbocycles. The monoisotopic (exact) mass is 306 g/mol. The van der Waals surface area contributed by atoms with Crippen molar-refractivity contribution in [2.45, 2.75) is 58.5 Å². The van der Waals surface area contributed by atoms with Gasteiger partial charge in [-0.05, 0) is 53.1 Å². The Morgan fingerprint density at radius 2 is 1.31 bits per heavy atom. The highest BCUT2D eigenvalue weighted by Gasteiger charge is 2.51. The summed E-state index contributed by atoms with van der Waals surface area (Å²) in [5.74, 6) is 0. The third kappa shape index (κ3) is 4.26. The van der Waals surface area contributed by atoms with E-state index in [-0.39, 0.29) is 12.4 Å². The number of hydrogen-bond acceptors (Lipinski definition) is 1. The van der Waals surface area contributed by atoms with Gasteiger partial charge in [0, 0.05) is 0 Å². The standard InChI is InChI=1S/C11H22Cl2OP.ClH/c1-8(2)15(9(3)4,10(5)6)14-11(13)7-12;/h7-10H,1-6H3;1H/q+1;/p-1. The zero-order valence-corrected chi connectivity index (χ0v) is 14.0. The molecule has 0 aliphatic rings. The van der Waals surface area contributed by atoms with E-state index in [1.54, 1.807) is 0 Å². The molecule has 0 aromatic heterocycles. The Morgan fingerprint density at radius 1 is 1.00 bits per heavy atom. The van der Waals surface area contributed by atoms with Crippen LogP contribution in [0, 0.1) is 0 Å². The van der Waals surface area contributed by atoms with Crippen LogP contribution in [0.2, 0.25) is 0 Å². The predicted octanol–water partition coefficient (Wildman–Crippen LogP) is 2.44. The van der Waals surface area contributed by atoms with E-state index in [0.29, 0.717) is 22.2 Å². The minimum Gasteiger partial charge on any atom is -1.00 e. The highest BCUT2D eigenvalue weighted by molar-refractivity contribution is 7.73. The molecular formula is C11H22Cl3OP. The molecule has 16 heavy (non-hydrogen) atoms. The van der Waals surface area contributed by atoms with Crippen molar-refractivity contribution in [3.8, 4) is 0 Å². The summed E-state index contributed by atoms with van der Waals surface area (Å²) < 4.78 is 5.98. The molecule has 0 fully saturated rings. The number of hydrogen-bond donors (Lipinski definition) is 0. The van der Waals surface area contributed by atoms with Crippen LogP contribution in [-0.2, 0) is 4.52 Å². The van der Waals surface area contributed by atoms with Gasteiger partial charge in [-0.3, -0.25) is 0 Å². The molecule has 0 aromatic rings. The van der Waals surface area contributed by atoms with Gasteiger partial charge in [0.15, 0.2) is 7.49 Å². The molecule has 0 aliphatic heterocycles. The molecule has 0 heterocycles. The Balaban J connectivity index is 0. The maximum Gasteiger partial charge on any atom is 0.250 e. The number of halogens is 3. The van der Waals surface area contributed by atoms with Crippen LogP contribution >= 0.6 is 30.7 Å². The number of rotatable bonds is 5. The van der Waals surface area contributed by atoms with Gasteiger partial charge in [0.2, 0.25) is 0 Å². The Morgan fingerprint density at radius 3 is 1.50 bits per heavy atom. The first-order valence-corrected chi connectivity index (χ1v) is 8.05. The first kappa shape index (κ1) is 19.2. The van der Waals surface area contributed by atoms with E-state index in [2.05, 4.69) is 41.5 Å². The van der Waals surface area contributed by atoms with Crippen molar-refractivity contribution >= 4 is 30.7 Å². The van der Waals surface area contributed by atoms with E-state index in [1.807, 2.05) is 0 Å². The normalized spacial score (nSPS) is 13.3. The molecule has 0 bridgehead atoms. The summed E-state index contributed by atoms with van der Waals surface area (Å²) in [6.45, 7) is 13.2. The molecule has 0 saturated carbocycles. The lowest BCUT2D eigenvalue weighted by molar-refractivity contribution is -0.00000398. The topological polar surface area (TPSA) is 9.23 Å². The summed E-state index contributed by atoms with van der Waals surface area (Å²) in [7, 11) is -1.57. The SMILES string of the molecule is CC(C)[P+](OC(Cl)=CCl)(C(C)C)C(C)C.[Cl-]. The molecule has 0 rings (SSSR count). The molecule has 0 radical (unpaired) electrons. The zero-order chi connectivity index (χ0) is 12.2. The molecule has 0 N–H and O–H groups in total. The average Bonchev–Trinajstić information content (AvgIpc) is 2.11. The highest BCUT2D eigenvalue weighted by atomic mass is 35.5. The zero-order valence-electron chi connectivity index (χ0n) is 10.8. The first-order valence-electron chi connectivity index (χ1n) is 5.32. The molecule has 0 aromatic carbocycles. The fourth-order valence-electron chi connectivity index (χ4n) is 2.28. The molecule has 0 atom stereocenters. The summed E-state index contributed by atoms with van der Waals surface area (Å²) in [5.41, 5.74) is 2.78. The fourth-order valence-corrected chi connectivity index (χ4v) is 7.31. The van der Waals surface area contributed by atoms with E-state index in [4.69, 9.17) is 27.7 Å². The summed E-state index contributed by atoms with van der Waals surface area (Å²) >= 11 is 11.5. The van der Waals surface area contributed by atoms with Crippen molar-refractivity contribution in [3.05, 3.63) is 10.8 Å². The van der Waals surface area contributed by atoms with Crippen molar-refractivity contribution in [2.75, 3.05) is 0 Å². The minimum absolute atomic E-state index is 0. The Labute approximate surface area is 117 Å². The van der Waals surface area contributed by atoms with Crippen molar-refractivity contribution in [1.82, 2.24) is 0 Å². The highest BCUT2D eigenvalue weighted by Crippen LogP contribution is 2.72. The second-order valence-corrected chi connectivity index (χ2v) is 9.95. The summed E-state index contributed by atoms with van der Waals surface area (Å²) in [6.07, 6.45) is 0. The van der Waals surface area contributed by atoms with Gasteiger partial charge in [0.05, 0.1) is 22.5 Å². The van der Waals surface area contributed by atoms with E-state index in [0.717, 1.165) is 0 Å². The third-order valence-electron chi connectivity index (χ3n) is 2.75. The van der Waals surface area contributed by atoms with Crippen LogP contribution in [0.25, 0.3) is 0 Å². The van der Waals surface area contributed by atoms with E-state index >= 15 is 0 Å². The molecule has 0 spiro atoms. The summed E-state index contributed by atoms with van der Waals surface area (Å²) in [5, 5.41) is 0.320. The Bertz CT molecular complexity index is 205. The largest absolute Gasteiger partial charge is 1.00 e. The molecule has 98 valence electrons. The van der Waals surface area contributed by atoms with Gasteiger partial charge in [-0.2, -0.15) is 0 Å². The molecule has 0 unspecified atom stereocenters. The van der Waals surface area contributed by atoms with Crippen LogP contribution in [0.4, 0.5) is 0 Å². The minimum atomic E-state index is -1.57. The molecular weight excluding hydrogens is 285 g/mol. The van der Waals surface area contributed by atoms with Crippen LogP contribution in [-0.4, -0.2) is 17.0 Å². The Hall–Kier alpha value is 0.840. The molecule has 0 saturated heterocycles. The van der Waals surface area contributed by atoms with Gasteiger partial charge in [0.1, 0.15) is 0 Å². The van der Waals surface area contributed by atoms with E-state index in [1.165, 1.54) is 5.54 Å². The van der Waals surface area contributed by atoms with Gasteiger partial charge < -0.3 is 16.9 Å². The van der Waals surface area contributed by atoms with Crippen molar-refractivity contribution in [1.29, 1.82) is 0 Å². The second kappa shape index (κ2) is 8.03. The van der Waals surface area contributed by atoms with Gasteiger partial charge in [-0.15, -0.1) is 0 Å². The average molecular weight is 308 g/mol. The fraction of sp³-hybridized carbons (Fsp3) is 0.818. The van der Waals surface area contributed by atoms with Crippen LogP contribution < -0.4 is 12.4 Å².